The normalized spacial score (nSPS) is 23.5. The monoisotopic (exact) mass is 283 g/mol. The summed E-state index contributed by atoms with van der Waals surface area (Å²) in [5.74, 6) is 0. The van der Waals surface area contributed by atoms with Crippen LogP contribution in [0.4, 0.5) is 18.9 Å². The molecular weight excluding hydrogens is 267 g/mol. The third-order valence-corrected chi connectivity index (χ3v) is 3.52. The predicted molar refractivity (Wildman–Crippen MR) is 70.4 cm³/mol. The highest BCUT2D eigenvalue weighted by atomic mass is 19.4. The molecule has 6 heteroatoms. The Balaban J connectivity index is 2.54. The summed E-state index contributed by atoms with van der Waals surface area (Å²) in [6.45, 7) is 4.91. The van der Waals surface area contributed by atoms with Crippen molar-refractivity contribution in [1.82, 2.24) is 5.32 Å². The molecule has 108 valence electrons. The zero-order valence-electron chi connectivity index (χ0n) is 11.3. The van der Waals surface area contributed by atoms with Crippen molar-refractivity contribution >= 4 is 5.69 Å². The van der Waals surface area contributed by atoms with E-state index in [0.717, 1.165) is 0 Å². The lowest BCUT2D eigenvalue weighted by atomic mass is 10.0. The third-order valence-electron chi connectivity index (χ3n) is 3.52. The van der Waals surface area contributed by atoms with E-state index in [9.17, 15) is 13.2 Å². The van der Waals surface area contributed by atoms with Crippen molar-refractivity contribution in [2.24, 2.45) is 0 Å². The van der Waals surface area contributed by atoms with Crippen molar-refractivity contribution in [3.05, 3.63) is 29.3 Å². The number of hydrogen-bond donors (Lipinski definition) is 1. The highest BCUT2D eigenvalue weighted by Crippen LogP contribution is 2.39. The number of alkyl halides is 3. The molecule has 2 rings (SSSR count). The molecule has 1 fully saturated rings. The molecule has 1 heterocycles. The van der Waals surface area contributed by atoms with Crippen LogP contribution in [0, 0.1) is 11.3 Å². The molecule has 0 saturated carbocycles. The van der Waals surface area contributed by atoms with E-state index in [1.54, 1.807) is 11.0 Å². The first-order valence-electron chi connectivity index (χ1n) is 6.45. The fraction of sp³-hybridized carbons (Fsp3) is 0.500. The van der Waals surface area contributed by atoms with Crippen LogP contribution in [0.1, 0.15) is 25.0 Å². The lowest BCUT2D eigenvalue weighted by molar-refractivity contribution is -0.137. The molecule has 3 nitrogen and oxygen atoms in total. The summed E-state index contributed by atoms with van der Waals surface area (Å²) in [7, 11) is 0. The highest BCUT2D eigenvalue weighted by Gasteiger charge is 2.39. The van der Waals surface area contributed by atoms with Crippen molar-refractivity contribution in [2.75, 3.05) is 18.0 Å². The van der Waals surface area contributed by atoms with Gasteiger partial charge < -0.3 is 10.2 Å². The molecule has 0 aliphatic carbocycles. The van der Waals surface area contributed by atoms with Crippen molar-refractivity contribution in [2.45, 2.75) is 32.1 Å². The van der Waals surface area contributed by atoms with Gasteiger partial charge in [-0.25, -0.2) is 0 Å². The van der Waals surface area contributed by atoms with Crippen LogP contribution in [0.3, 0.4) is 0 Å². The zero-order chi connectivity index (χ0) is 14.9. The molecular formula is C14H16F3N3. The average Bonchev–Trinajstić information content (AvgIpc) is 2.39. The van der Waals surface area contributed by atoms with E-state index in [1.165, 1.54) is 18.2 Å². The molecule has 0 spiro atoms. The Morgan fingerprint density at radius 1 is 1.35 bits per heavy atom. The number of rotatable bonds is 1. The molecule has 1 saturated heterocycles. The van der Waals surface area contributed by atoms with Gasteiger partial charge in [0.1, 0.15) is 0 Å². The summed E-state index contributed by atoms with van der Waals surface area (Å²) >= 11 is 0. The molecule has 2 atom stereocenters. The Hall–Kier alpha value is -1.74. The van der Waals surface area contributed by atoms with Gasteiger partial charge in [-0.1, -0.05) is 6.07 Å². The van der Waals surface area contributed by atoms with Crippen LogP contribution in [0.2, 0.25) is 0 Å². The van der Waals surface area contributed by atoms with Crippen LogP contribution in [-0.2, 0) is 6.18 Å². The largest absolute Gasteiger partial charge is 0.419 e. The van der Waals surface area contributed by atoms with Crippen LogP contribution in [0.15, 0.2) is 18.2 Å². The standard InChI is InChI=1S/C14H16F3N3/c1-9-8-20(10(2)7-19-9)12-5-3-4-11(6-18)13(12)14(15,16)17/h3-5,9-10,19H,7-8H2,1-2H3. The number of nitrogens with one attached hydrogen (secondary N) is 1. The van der Waals surface area contributed by atoms with Gasteiger partial charge in [0.25, 0.3) is 0 Å². The summed E-state index contributed by atoms with van der Waals surface area (Å²) < 4.78 is 39.8. The number of piperazine rings is 1. The average molecular weight is 283 g/mol. The molecule has 0 bridgehead atoms. The maximum Gasteiger partial charge on any atom is 0.419 e. The van der Waals surface area contributed by atoms with Crippen LogP contribution in [0.5, 0.6) is 0 Å². The Morgan fingerprint density at radius 3 is 2.65 bits per heavy atom. The summed E-state index contributed by atoms with van der Waals surface area (Å²) in [5.41, 5.74) is -1.06. The van der Waals surface area contributed by atoms with Gasteiger partial charge in [-0.3, -0.25) is 0 Å². The van der Waals surface area contributed by atoms with Gasteiger partial charge in [-0.2, -0.15) is 18.4 Å². The molecule has 20 heavy (non-hydrogen) atoms. The van der Waals surface area contributed by atoms with E-state index in [4.69, 9.17) is 5.26 Å². The van der Waals surface area contributed by atoms with E-state index in [2.05, 4.69) is 5.32 Å². The maximum atomic E-state index is 13.3. The Morgan fingerprint density at radius 2 is 2.05 bits per heavy atom. The summed E-state index contributed by atoms with van der Waals surface area (Å²) in [6.07, 6.45) is -4.53. The van der Waals surface area contributed by atoms with Crippen molar-refractivity contribution in [3.8, 4) is 6.07 Å². The Bertz CT molecular complexity index is 533. The predicted octanol–water partition coefficient (Wildman–Crippen LogP) is 2.76. The summed E-state index contributed by atoms with van der Waals surface area (Å²) in [6, 6.07) is 5.86. The van der Waals surface area contributed by atoms with Gasteiger partial charge in [0.05, 0.1) is 22.9 Å². The van der Waals surface area contributed by atoms with Crippen LogP contribution >= 0.6 is 0 Å². The molecule has 2 unspecified atom stereocenters. The van der Waals surface area contributed by atoms with Crippen molar-refractivity contribution in [1.29, 1.82) is 5.26 Å². The van der Waals surface area contributed by atoms with Crippen LogP contribution in [-0.4, -0.2) is 25.2 Å². The molecule has 0 radical (unpaired) electrons. The Kier molecular flexibility index (Phi) is 3.91. The van der Waals surface area contributed by atoms with Gasteiger partial charge in [-0.05, 0) is 26.0 Å². The van der Waals surface area contributed by atoms with E-state index < -0.39 is 11.7 Å². The second kappa shape index (κ2) is 5.33. The SMILES string of the molecule is CC1CN(c2cccc(C#N)c2C(F)(F)F)C(C)CN1. The van der Waals surface area contributed by atoms with Gasteiger partial charge in [-0.15, -0.1) is 0 Å². The summed E-state index contributed by atoms with van der Waals surface area (Å²) in [4.78, 5) is 1.73. The quantitative estimate of drug-likeness (QED) is 0.861. The first-order chi connectivity index (χ1) is 9.34. The minimum atomic E-state index is -4.53. The lowest BCUT2D eigenvalue weighted by Crippen LogP contribution is -2.54. The number of nitrogens with zero attached hydrogens (tertiary/aromatic N) is 2. The van der Waals surface area contributed by atoms with Crippen molar-refractivity contribution < 1.29 is 13.2 Å². The molecule has 1 N–H and O–H groups in total. The number of halogens is 3. The molecule has 1 aliphatic heterocycles. The highest BCUT2D eigenvalue weighted by molar-refractivity contribution is 5.62. The first-order valence-corrected chi connectivity index (χ1v) is 6.45. The van der Waals surface area contributed by atoms with Crippen molar-refractivity contribution in [3.63, 3.8) is 0 Å². The smallest absolute Gasteiger partial charge is 0.365 e. The maximum absolute atomic E-state index is 13.3. The minimum Gasteiger partial charge on any atom is -0.365 e. The molecule has 1 aliphatic rings. The minimum absolute atomic E-state index is 0.0544. The first kappa shape index (κ1) is 14.7. The lowest BCUT2D eigenvalue weighted by Gasteiger charge is -2.40. The summed E-state index contributed by atoms with van der Waals surface area (Å²) in [5, 5.41) is 12.2. The van der Waals surface area contributed by atoms with Crippen LogP contribution in [0.25, 0.3) is 0 Å². The van der Waals surface area contributed by atoms with E-state index in [-0.39, 0.29) is 23.3 Å². The molecule has 0 aromatic heterocycles. The zero-order valence-corrected chi connectivity index (χ0v) is 11.3. The van der Waals surface area contributed by atoms with E-state index in [0.29, 0.717) is 13.1 Å². The van der Waals surface area contributed by atoms with E-state index in [1.807, 2.05) is 13.8 Å². The molecule has 1 aromatic rings. The molecule has 1 aromatic carbocycles. The fourth-order valence-corrected chi connectivity index (χ4v) is 2.53. The van der Waals surface area contributed by atoms with E-state index >= 15 is 0 Å². The number of anilines is 1. The Labute approximate surface area is 116 Å². The third kappa shape index (κ3) is 2.73. The van der Waals surface area contributed by atoms with Crippen LogP contribution < -0.4 is 10.2 Å². The van der Waals surface area contributed by atoms with Gasteiger partial charge in [0.2, 0.25) is 0 Å². The number of nitriles is 1. The molecule has 0 amide bonds. The second-order valence-corrected chi connectivity index (χ2v) is 5.12. The number of hydrogen-bond acceptors (Lipinski definition) is 3. The second-order valence-electron chi connectivity index (χ2n) is 5.12. The number of benzene rings is 1. The van der Waals surface area contributed by atoms with Gasteiger partial charge in [0.15, 0.2) is 0 Å². The topological polar surface area (TPSA) is 39.1 Å². The fourth-order valence-electron chi connectivity index (χ4n) is 2.53. The van der Waals surface area contributed by atoms with Gasteiger partial charge >= 0.3 is 6.18 Å². The van der Waals surface area contributed by atoms with Gasteiger partial charge in [0, 0.05) is 25.2 Å².